The third-order valence-electron chi connectivity index (χ3n) is 6.82. The Hall–Kier alpha value is -2.64. The molecule has 35 heavy (non-hydrogen) atoms. The lowest BCUT2D eigenvalue weighted by Crippen LogP contribution is -2.52. The summed E-state index contributed by atoms with van der Waals surface area (Å²) in [6.07, 6.45) is -0.0748. The Kier molecular flexibility index (Phi) is 7.84. The van der Waals surface area contributed by atoms with Crippen LogP contribution in [0.5, 0.6) is 0 Å². The highest BCUT2D eigenvalue weighted by atomic mass is 32.2. The molecular formula is C29H33N3O2S. The predicted octanol–water partition coefficient (Wildman–Crippen LogP) is 4.79. The van der Waals surface area contributed by atoms with Crippen molar-refractivity contribution in [1.82, 2.24) is 14.1 Å². The third-order valence-corrected chi connectivity index (χ3v) is 8.00. The second-order valence-electron chi connectivity index (χ2n) is 9.31. The minimum atomic E-state index is -0.187. The summed E-state index contributed by atoms with van der Waals surface area (Å²) in [7, 11) is 0. The standard InChI is InChI=1S/C29H33N3O2S/c1-23(33)34-28-22-30(20-24-10-4-2-5-11-24)21-27(28)31-16-18-32(19-17-31)35-29-15-9-8-14-26(29)25-12-6-3-7-13-25/h2-15,27-28H,16-22H2,1H3. The van der Waals surface area contributed by atoms with Crippen molar-refractivity contribution in [2.75, 3.05) is 39.3 Å². The summed E-state index contributed by atoms with van der Waals surface area (Å²) in [5, 5.41) is 0. The Bertz CT molecular complexity index is 1100. The van der Waals surface area contributed by atoms with Crippen LogP contribution in [0.25, 0.3) is 11.1 Å². The smallest absolute Gasteiger partial charge is 0.303 e. The van der Waals surface area contributed by atoms with Gasteiger partial charge in [0.2, 0.25) is 0 Å². The van der Waals surface area contributed by atoms with Gasteiger partial charge in [-0.15, -0.1) is 0 Å². The van der Waals surface area contributed by atoms with Crippen molar-refractivity contribution in [2.45, 2.75) is 30.5 Å². The Morgan fingerprint density at radius 2 is 1.51 bits per heavy atom. The van der Waals surface area contributed by atoms with Crippen molar-refractivity contribution in [3.8, 4) is 11.1 Å². The van der Waals surface area contributed by atoms with Gasteiger partial charge in [0.25, 0.3) is 0 Å². The van der Waals surface area contributed by atoms with Gasteiger partial charge in [-0.1, -0.05) is 78.9 Å². The molecule has 0 saturated carbocycles. The number of hydrogen-bond donors (Lipinski definition) is 0. The van der Waals surface area contributed by atoms with Gasteiger partial charge in [0.15, 0.2) is 0 Å². The molecule has 182 valence electrons. The molecule has 0 spiro atoms. The first-order valence-electron chi connectivity index (χ1n) is 12.4. The number of ether oxygens (including phenoxy) is 1. The zero-order chi connectivity index (χ0) is 24.0. The minimum absolute atomic E-state index is 0.0748. The van der Waals surface area contributed by atoms with E-state index in [4.69, 9.17) is 4.74 Å². The molecule has 0 aromatic heterocycles. The number of carbonyl (C=O) groups is 1. The molecule has 0 radical (unpaired) electrons. The van der Waals surface area contributed by atoms with Crippen LogP contribution in [0.4, 0.5) is 0 Å². The first-order valence-corrected chi connectivity index (χ1v) is 13.2. The summed E-state index contributed by atoms with van der Waals surface area (Å²) in [6.45, 7) is 8.04. The van der Waals surface area contributed by atoms with Crippen molar-refractivity contribution >= 4 is 17.9 Å². The van der Waals surface area contributed by atoms with Gasteiger partial charge in [0.05, 0.1) is 6.04 Å². The van der Waals surface area contributed by atoms with Crippen molar-refractivity contribution in [2.24, 2.45) is 0 Å². The van der Waals surface area contributed by atoms with E-state index in [0.29, 0.717) is 0 Å². The maximum atomic E-state index is 11.8. The fourth-order valence-corrected chi connectivity index (χ4v) is 6.20. The van der Waals surface area contributed by atoms with E-state index in [1.54, 1.807) is 0 Å². The van der Waals surface area contributed by atoms with Crippen LogP contribution in [0.1, 0.15) is 12.5 Å². The van der Waals surface area contributed by atoms with Gasteiger partial charge < -0.3 is 4.74 Å². The molecule has 0 aliphatic carbocycles. The lowest BCUT2D eigenvalue weighted by atomic mass is 10.1. The van der Waals surface area contributed by atoms with Gasteiger partial charge in [-0.2, -0.15) is 0 Å². The molecule has 0 amide bonds. The SMILES string of the molecule is CC(=O)OC1CN(Cc2ccccc2)CC1N1CCN(Sc2ccccc2-c2ccccc2)CC1. The van der Waals surface area contributed by atoms with E-state index in [1.807, 2.05) is 18.0 Å². The molecule has 2 unspecified atom stereocenters. The lowest BCUT2D eigenvalue weighted by Gasteiger charge is -2.39. The highest BCUT2D eigenvalue weighted by Gasteiger charge is 2.39. The first-order chi connectivity index (χ1) is 17.2. The fraction of sp³-hybridized carbons (Fsp3) is 0.345. The van der Waals surface area contributed by atoms with Crippen molar-refractivity contribution < 1.29 is 9.53 Å². The van der Waals surface area contributed by atoms with Crippen LogP contribution in [-0.4, -0.2) is 71.5 Å². The van der Waals surface area contributed by atoms with E-state index in [9.17, 15) is 4.79 Å². The first kappa shape index (κ1) is 24.1. The van der Waals surface area contributed by atoms with Crippen molar-refractivity contribution in [3.63, 3.8) is 0 Å². The number of likely N-dealkylation sites (tertiary alicyclic amines) is 1. The molecule has 3 aromatic rings. The Labute approximate surface area is 212 Å². The molecule has 2 aliphatic rings. The van der Waals surface area contributed by atoms with Crippen LogP contribution in [0, 0.1) is 0 Å². The van der Waals surface area contributed by atoms with Gasteiger partial charge in [-0.3, -0.25) is 14.6 Å². The molecule has 6 heteroatoms. The molecule has 5 rings (SSSR count). The second kappa shape index (κ2) is 11.4. The van der Waals surface area contributed by atoms with Gasteiger partial charge >= 0.3 is 5.97 Å². The van der Waals surface area contributed by atoms with Gasteiger partial charge in [0.1, 0.15) is 6.10 Å². The molecule has 2 heterocycles. The Morgan fingerprint density at radius 3 is 2.23 bits per heavy atom. The topological polar surface area (TPSA) is 36.0 Å². The van der Waals surface area contributed by atoms with Gasteiger partial charge in [-0.25, -0.2) is 4.31 Å². The van der Waals surface area contributed by atoms with Crippen LogP contribution in [0.15, 0.2) is 89.8 Å². The molecule has 2 saturated heterocycles. The number of piperazine rings is 1. The minimum Gasteiger partial charge on any atom is -0.459 e. The van der Waals surface area contributed by atoms with E-state index in [-0.39, 0.29) is 18.1 Å². The fourth-order valence-electron chi connectivity index (χ4n) is 5.15. The number of carbonyl (C=O) groups excluding carboxylic acids is 1. The largest absolute Gasteiger partial charge is 0.459 e. The Morgan fingerprint density at radius 1 is 0.857 bits per heavy atom. The summed E-state index contributed by atoms with van der Waals surface area (Å²) >= 11 is 1.86. The predicted molar refractivity (Wildman–Crippen MR) is 142 cm³/mol. The number of benzene rings is 3. The molecule has 2 fully saturated rings. The van der Waals surface area contributed by atoms with Crippen LogP contribution < -0.4 is 0 Å². The van der Waals surface area contributed by atoms with Crippen LogP contribution >= 0.6 is 11.9 Å². The third kappa shape index (κ3) is 6.14. The average molecular weight is 488 g/mol. The summed E-state index contributed by atoms with van der Waals surface area (Å²) in [5.74, 6) is -0.187. The zero-order valence-electron chi connectivity index (χ0n) is 20.3. The van der Waals surface area contributed by atoms with Crippen LogP contribution in [0.3, 0.4) is 0 Å². The normalized spacial score (nSPS) is 21.7. The van der Waals surface area contributed by atoms with E-state index in [2.05, 4.69) is 93.0 Å². The van der Waals surface area contributed by atoms with Gasteiger partial charge in [0, 0.05) is 57.6 Å². The summed E-state index contributed by atoms with van der Waals surface area (Å²) in [4.78, 5) is 18.1. The number of nitrogens with zero attached hydrogens (tertiary/aromatic N) is 3. The molecule has 2 atom stereocenters. The number of hydrogen-bond acceptors (Lipinski definition) is 6. The van der Waals surface area contributed by atoms with E-state index in [1.165, 1.54) is 28.5 Å². The maximum Gasteiger partial charge on any atom is 0.303 e. The zero-order valence-corrected chi connectivity index (χ0v) is 21.1. The van der Waals surface area contributed by atoms with Crippen LogP contribution in [0.2, 0.25) is 0 Å². The van der Waals surface area contributed by atoms with E-state index >= 15 is 0 Å². The van der Waals surface area contributed by atoms with E-state index < -0.39 is 0 Å². The van der Waals surface area contributed by atoms with Crippen LogP contribution in [-0.2, 0) is 16.1 Å². The quantitative estimate of drug-likeness (QED) is 0.352. The number of esters is 1. The monoisotopic (exact) mass is 487 g/mol. The maximum absolute atomic E-state index is 11.8. The summed E-state index contributed by atoms with van der Waals surface area (Å²) < 4.78 is 8.26. The average Bonchev–Trinajstić information content (AvgIpc) is 3.27. The van der Waals surface area contributed by atoms with Crippen molar-refractivity contribution in [1.29, 1.82) is 0 Å². The Balaban J connectivity index is 1.21. The highest BCUT2D eigenvalue weighted by Crippen LogP contribution is 2.34. The summed E-state index contributed by atoms with van der Waals surface area (Å²) in [5.41, 5.74) is 3.83. The molecular weight excluding hydrogens is 454 g/mol. The lowest BCUT2D eigenvalue weighted by molar-refractivity contribution is -0.148. The summed E-state index contributed by atoms with van der Waals surface area (Å²) in [6, 6.07) is 30.0. The molecule has 3 aromatic carbocycles. The molecule has 2 aliphatic heterocycles. The second-order valence-corrected chi connectivity index (χ2v) is 10.5. The van der Waals surface area contributed by atoms with Crippen molar-refractivity contribution in [3.05, 3.63) is 90.5 Å². The van der Waals surface area contributed by atoms with E-state index in [0.717, 1.165) is 45.8 Å². The number of rotatable bonds is 7. The molecule has 0 bridgehead atoms. The molecule has 5 nitrogen and oxygen atoms in total. The molecule has 0 N–H and O–H groups in total. The highest BCUT2D eigenvalue weighted by molar-refractivity contribution is 7.97. The van der Waals surface area contributed by atoms with Gasteiger partial charge in [-0.05, 0) is 34.7 Å².